The van der Waals surface area contributed by atoms with E-state index >= 15 is 0 Å². The van der Waals surface area contributed by atoms with Gasteiger partial charge in [0.15, 0.2) is 0 Å². The first-order valence-corrected chi connectivity index (χ1v) is 28.2. The van der Waals surface area contributed by atoms with Gasteiger partial charge < -0.3 is 15.5 Å². The summed E-state index contributed by atoms with van der Waals surface area (Å²) in [6.07, 6.45) is 79.2. The number of aliphatic hydroxyl groups excluding tert-OH is 2. The predicted molar refractivity (Wildman–Crippen MR) is 285 cm³/mol. The largest absolute Gasteiger partial charge is 0.394 e. The lowest BCUT2D eigenvalue weighted by Crippen LogP contribution is -2.45. The first kappa shape index (κ1) is 61.8. The lowest BCUT2D eigenvalue weighted by Gasteiger charge is -2.19. The van der Waals surface area contributed by atoms with Crippen LogP contribution < -0.4 is 5.32 Å². The van der Waals surface area contributed by atoms with E-state index in [1.54, 1.807) is 6.08 Å². The second-order valence-electron chi connectivity index (χ2n) is 19.0. The third-order valence-electron chi connectivity index (χ3n) is 12.6. The molecule has 0 saturated carbocycles. The van der Waals surface area contributed by atoms with Gasteiger partial charge in [-0.2, -0.15) is 0 Å². The molecule has 4 nitrogen and oxygen atoms in total. The summed E-state index contributed by atoms with van der Waals surface area (Å²) in [5.74, 6) is -0.0766. The van der Waals surface area contributed by atoms with Crippen molar-refractivity contribution in [3.63, 3.8) is 0 Å². The average molecular weight is 893 g/mol. The number of carbonyl (C=O) groups is 1. The van der Waals surface area contributed by atoms with Crippen LogP contribution in [0.4, 0.5) is 0 Å². The van der Waals surface area contributed by atoms with E-state index in [1.807, 2.05) is 6.08 Å². The van der Waals surface area contributed by atoms with Crippen LogP contribution in [0, 0.1) is 0 Å². The highest BCUT2D eigenvalue weighted by molar-refractivity contribution is 5.76. The topological polar surface area (TPSA) is 69.6 Å². The normalized spacial score (nSPS) is 13.4. The highest BCUT2D eigenvalue weighted by Gasteiger charge is 2.18. The Bertz CT molecular complexity index is 1100. The van der Waals surface area contributed by atoms with Gasteiger partial charge in [0.2, 0.25) is 5.91 Å². The first-order chi connectivity index (χ1) is 31.7. The summed E-state index contributed by atoms with van der Waals surface area (Å²) in [6.45, 7) is 4.29. The zero-order chi connectivity index (χ0) is 46.3. The van der Waals surface area contributed by atoms with Gasteiger partial charge in [0.05, 0.1) is 18.8 Å². The van der Waals surface area contributed by atoms with Crippen molar-refractivity contribution in [2.24, 2.45) is 0 Å². The molecule has 372 valence electrons. The highest BCUT2D eigenvalue weighted by Crippen LogP contribution is 2.16. The molecule has 0 aliphatic rings. The Morgan fingerprint density at radius 3 is 1.02 bits per heavy atom. The lowest BCUT2D eigenvalue weighted by molar-refractivity contribution is -0.123. The Labute approximate surface area is 399 Å². The van der Waals surface area contributed by atoms with Crippen LogP contribution in [-0.2, 0) is 4.79 Å². The lowest BCUT2D eigenvalue weighted by atomic mass is 10.0. The molecular weight excluding hydrogens is 783 g/mol. The average Bonchev–Trinajstić information content (AvgIpc) is 3.30. The van der Waals surface area contributed by atoms with E-state index in [2.05, 4.69) is 79.9 Å². The number of allylic oxidation sites excluding steroid dienone is 11. The molecule has 64 heavy (non-hydrogen) atoms. The second-order valence-corrected chi connectivity index (χ2v) is 19.0. The van der Waals surface area contributed by atoms with E-state index in [1.165, 1.54) is 212 Å². The molecule has 0 rings (SSSR count). The van der Waals surface area contributed by atoms with Crippen LogP contribution in [0.1, 0.15) is 284 Å². The van der Waals surface area contributed by atoms with Gasteiger partial charge in [-0.05, 0) is 83.5 Å². The van der Waals surface area contributed by atoms with Crippen LogP contribution in [0.2, 0.25) is 0 Å². The Hall–Kier alpha value is -2.17. The number of hydrogen-bond donors (Lipinski definition) is 3. The minimum absolute atomic E-state index is 0.0766. The van der Waals surface area contributed by atoms with Gasteiger partial charge in [-0.25, -0.2) is 0 Å². The summed E-state index contributed by atoms with van der Waals surface area (Å²) in [5.41, 5.74) is 0. The minimum Gasteiger partial charge on any atom is -0.394 e. The van der Waals surface area contributed by atoms with Crippen LogP contribution in [0.3, 0.4) is 0 Å². The molecular formula is C60H109NO3. The SMILES string of the molecule is CCCCCCC/C=C\C/C=C\C/C=C\CCCCCCCCCCCCCCCCCCCCC(=O)NC(CO)C(O)/C=C/CC/C=C/CC/C=C/CCCCCCCCCCC. The van der Waals surface area contributed by atoms with E-state index in [9.17, 15) is 15.0 Å². The summed E-state index contributed by atoms with van der Waals surface area (Å²) in [5, 5.41) is 23.1. The summed E-state index contributed by atoms with van der Waals surface area (Å²) in [7, 11) is 0. The third kappa shape index (κ3) is 50.8. The molecule has 0 bridgehead atoms. The highest BCUT2D eigenvalue weighted by atomic mass is 16.3. The van der Waals surface area contributed by atoms with Crippen molar-refractivity contribution in [3.05, 3.63) is 72.9 Å². The van der Waals surface area contributed by atoms with Crippen molar-refractivity contribution < 1.29 is 15.0 Å². The smallest absolute Gasteiger partial charge is 0.220 e. The van der Waals surface area contributed by atoms with Gasteiger partial charge in [-0.3, -0.25) is 4.79 Å². The van der Waals surface area contributed by atoms with Gasteiger partial charge in [0.25, 0.3) is 0 Å². The molecule has 3 N–H and O–H groups in total. The van der Waals surface area contributed by atoms with Crippen molar-refractivity contribution in [2.75, 3.05) is 6.61 Å². The van der Waals surface area contributed by atoms with Crippen LogP contribution in [0.15, 0.2) is 72.9 Å². The molecule has 0 aromatic heterocycles. The van der Waals surface area contributed by atoms with Crippen molar-refractivity contribution >= 4 is 5.91 Å². The maximum absolute atomic E-state index is 12.5. The maximum atomic E-state index is 12.5. The van der Waals surface area contributed by atoms with Crippen molar-refractivity contribution in [3.8, 4) is 0 Å². The Balaban J connectivity index is 3.52. The number of aliphatic hydroxyl groups is 2. The van der Waals surface area contributed by atoms with Gasteiger partial charge in [-0.1, -0.05) is 267 Å². The first-order valence-electron chi connectivity index (χ1n) is 28.2. The van der Waals surface area contributed by atoms with Gasteiger partial charge in [0.1, 0.15) is 0 Å². The van der Waals surface area contributed by atoms with Crippen molar-refractivity contribution in [1.29, 1.82) is 0 Å². The number of rotatable bonds is 51. The third-order valence-corrected chi connectivity index (χ3v) is 12.6. The number of nitrogens with one attached hydrogen (secondary N) is 1. The predicted octanol–water partition coefficient (Wildman–Crippen LogP) is 18.6. The molecule has 0 saturated heterocycles. The summed E-state index contributed by atoms with van der Waals surface area (Å²) >= 11 is 0. The van der Waals surface area contributed by atoms with Gasteiger partial charge in [-0.15, -0.1) is 0 Å². The molecule has 0 aliphatic heterocycles. The van der Waals surface area contributed by atoms with Crippen LogP contribution in [0.25, 0.3) is 0 Å². The molecule has 0 fully saturated rings. The van der Waals surface area contributed by atoms with Crippen molar-refractivity contribution in [2.45, 2.75) is 296 Å². The standard InChI is InChI=1S/C60H109NO3/c1-3-5-7-9-11-13-15-17-19-21-23-24-25-26-27-28-29-30-31-32-33-34-35-36-38-40-42-44-46-48-50-52-54-56-60(64)61-58(57-62)59(63)55-53-51-49-47-45-43-41-39-37-22-20-18-16-14-12-10-8-6-4-2/h15,17,21,23,25-26,37,39,45,47,53,55,58-59,62-63H,3-14,16,18-20,22,24,27-36,38,40-44,46,48-52,54,56-57H2,1-2H3,(H,61,64)/b17-15-,23-21-,26-25-,39-37+,47-45+,55-53+. The molecule has 0 heterocycles. The van der Waals surface area contributed by atoms with E-state index in [4.69, 9.17) is 0 Å². The van der Waals surface area contributed by atoms with Crippen LogP contribution in [0.5, 0.6) is 0 Å². The number of amides is 1. The monoisotopic (exact) mass is 892 g/mol. The Kier molecular flexibility index (Phi) is 53.3. The van der Waals surface area contributed by atoms with Crippen LogP contribution >= 0.6 is 0 Å². The molecule has 0 radical (unpaired) electrons. The summed E-state index contributed by atoms with van der Waals surface area (Å²) in [4.78, 5) is 12.5. The molecule has 4 heteroatoms. The molecule has 0 aromatic rings. The molecule has 0 aromatic carbocycles. The quantitative estimate of drug-likeness (QED) is 0.0421. The molecule has 0 spiro atoms. The summed E-state index contributed by atoms with van der Waals surface area (Å²) < 4.78 is 0. The fourth-order valence-corrected chi connectivity index (χ4v) is 8.34. The van der Waals surface area contributed by atoms with Gasteiger partial charge >= 0.3 is 0 Å². The van der Waals surface area contributed by atoms with E-state index in [-0.39, 0.29) is 12.5 Å². The second kappa shape index (κ2) is 55.2. The number of carbonyl (C=O) groups excluding carboxylic acids is 1. The molecule has 2 atom stereocenters. The zero-order valence-electron chi connectivity index (χ0n) is 42.8. The Morgan fingerprint density at radius 2 is 0.656 bits per heavy atom. The van der Waals surface area contributed by atoms with Crippen LogP contribution in [-0.4, -0.2) is 34.9 Å². The van der Waals surface area contributed by atoms with E-state index in [0.29, 0.717) is 6.42 Å². The minimum atomic E-state index is -0.872. The fourth-order valence-electron chi connectivity index (χ4n) is 8.34. The number of unbranched alkanes of at least 4 members (excludes halogenated alkanes) is 34. The summed E-state index contributed by atoms with van der Waals surface area (Å²) in [6, 6.07) is -0.648. The number of hydrogen-bond acceptors (Lipinski definition) is 3. The molecule has 0 aliphatic carbocycles. The maximum Gasteiger partial charge on any atom is 0.220 e. The van der Waals surface area contributed by atoms with E-state index in [0.717, 1.165) is 51.4 Å². The zero-order valence-corrected chi connectivity index (χ0v) is 42.8. The molecule has 1 amide bonds. The van der Waals surface area contributed by atoms with Crippen molar-refractivity contribution in [1.82, 2.24) is 5.32 Å². The van der Waals surface area contributed by atoms with Gasteiger partial charge in [0, 0.05) is 6.42 Å². The Morgan fingerprint density at radius 1 is 0.375 bits per heavy atom. The fraction of sp³-hybridized carbons (Fsp3) is 0.783. The van der Waals surface area contributed by atoms with E-state index < -0.39 is 12.1 Å². The molecule has 2 unspecified atom stereocenters.